The molecule has 2 aromatic heterocycles. The van der Waals surface area contributed by atoms with E-state index < -0.39 is 11.8 Å². The molecule has 0 amide bonds. The van der Waals surface area contributed by atoms with Crippen molar-refractivity contribution >= 4 is 11.2 Å². The SMILES string of the molecule is CC(NCCCn1cnc2c1c(=O)n(C)c(=O)n2C)C(O)c1ccc(O)c(O)c1. The standard InChI is InChI=1S/C19H25N5O5/c1-11(16(27)12-5-6-13(25)14(26)9-12)20-7-4-8-24-10-21-17-15(24)18(28)23(3)19(29)22(17)2/h5-6,9-11,16,20,25-27H,4,7-8H2,1-3H3. The fraction of sp³-hybridized carbons (Fsp3) is 0.421. The third kappa shape index (κ3) is 3.89. The van der Waals surface area contributed by atoms with Gasteiger partial charge in [0.1, 0.15) is 0 Å². The van der Waals surface area contributed by atoms with Crippen molar-refractivity contribution in [3.63, 3.8) is 0 Å². The molecule has 0 aliphatic heterocycles. The molecule has 0 bridgehead atoms. The van der Waals surface area contributed by atoms with E-state index in [9.17, 15) is 24.9 Å². The van der Waals surface area contributed by atoms with Gasteiger partial charge in [0.2, 0.25) is 0 Å². The molecule has 1 aromatic carbocycles. The highest BCUT2D eigenvalue weighted by Crippen LogP contribution is 2.28. The molecular weight excluding hydrogens is 378 g/mol. The van der Waals surface area contributed by atoms with Crippen molar-refractivity contribution < 1.29 is 15.3 Å². The Morgan fingerprint density at radius 3 is 2.55 bits per heavy atom. The lowest BCUT2D eigenvalue weighted by atomic mass is 10.0. The van der Waals surface area contributed by atoms with Crippen molar-refractivity contribution in [2.24, 2.45) is 14.1 Å². The number of nitrogens with zero attached hydrogens (tertiary/aromatic N) is 4. The molecule has 0 spiro atoms. The highest BCUT2D eigenvalue weighted by molar-refractivity contribution is 5.69. The van der Waals surface area contributed by atoms with Crippen LogP contribution in [0.25, 0.3) is 11.2 Å². The Hall–Kier alpha value is -3.11. The van der Waals surface area contributed by atoms with Crippen LogP contribution in [0, 0.1) is 0 Å². The number of aliphatic hydroxyl groups excluding tert-OH is 1. The van der Waals surface area contributed by atoms with Crippen molar-refractivity contribution in [1.82, 2.24) is 24.0 Å². The van der Waals surface area contributed by atoms with E-state index in [-0.39, 0.29) is 23.1 Å². The smallest absolute Gasteiger partial charge is 0.332 e. The minimum absolute atomic E-state index is 0.238. The van der Waals surface area contributed by atoms with Crippen LogP contribution in [-0.4, -0.2) is 46.6 Å². The molecule has 0 saturated heterocycles. The van der Waals surface area contributed by atoms with Gasteiger partial charge in [-0.3, -0.25) is 13.9 Å². The second-order valence-corrected chi connectivity index (χ2v) is 7.11. The largest absolute Gasteiger partial charge is 0.504 e. The van der Waals surface area contributed by atoms with Gasteiger partial charge in [0, 0.05) is 26.7 Å². The minimum Gasteiger partial charge on any atom is -0.504 e. The number of hydrogen-bond donors (Lipinski definition) is 4. The number of aromatic nitrogens is 4. The van der Waals surface area contributed by atoms with Crippen molar-refractivity contribution in [2.75, 3.05) is 6.54 Å². The third-order valence-corrected chi connectivity index (χ3v) is 5.07. The molecule has 3 rings (SSSR count). The van der Waals surface area contributed by atoms with Crippen molar-refractivity contribution in [3.05, 3.63) is 50.9 Å². The molecule has 29 heavy (non-hydrogen) atoms. The van der Waals surface area contributed by atoms with E-state index in [0.29, 0.717) is 36.2 Å². The zero-order chi connectivity index (χ0) is 21.3. The Morgan fingerprint density at radius 1 is 1.14 bits per heavy atom. The fourth-order valence-electron chi connectivity index (χ4n) is 3.27. The molecule has 2 unspecified atom stereocenters. The maximum absolute atomic E-state index is 12.4. The number of rotatable bonds is 7. The Labute approximate surface area is 166 Å². The summed E-state index contributed by atoms with van der Waals surface area (Å²) in [4.78, 5) is 28.6. The highest BCUT2D eigenvalue weighted by Gasteiger charge is 2.18. The summed E-state index contributed by atoms with van der Waals surface area (Å²) in [5, 5.41) is 32.6. The predicted octanol–water partition coefficient (Wildman–Crippen LogP) is -0.0533. The van der Waals surface area contributed by atoms with Gasteiger partial charge < -0.3 is 25.2 Å². The van der Waals surface area contributed by atoms with Gasteiger partial charge in [-0.1, -0.05) is 6.07 Å². The lowest BCUT2D eigenvalue weighted by Crippen LogP contribution is -2.37. The summed E-state index contributed by atoms with van der Waals surface area (Å²) in [7, 11) is 3.01. The maximum Gasteiger partial charge on any atom is 0.332 e. The Kier molecular flexibility index (Phi) is 5.76. The topological polar surface area (TPSA) is 135 Å². The number of hydrogen-bond acceptors (Lipinski definition) is 7. The predicted molar refractivity (Wildman–Crippen MR) is 107 cm³/mol. The fourth-order valence-corrected chi connectivity index (χ4v) is 3.27. The second kappa shape index (κ2) is 8.10. The number of phenolic OH excluding ortho intramolecular Hbond substituents is 2. The van der Waals surface area contributed by atoms with Crippen LogP contribution in [0.2, 0.25) is 0 Å². The van der Waals surface area contributed by atoms with E-state index in [1.807, 2.05) is 6.92 Å². The highest BCUT2D eigenvalue weighted by atomic mass is 16.3. The Morgan fingerprint density at radius 2 is 1.86 bits per heavy atom. The van der Waals surface area contributed by atoms with Crippen LogP contribution in [0.5, 0.6) is 11.5 Å². The zero-order valence-electron chi connectivity index (χ0n) is 16.5. The van der Waals surface area contributed by atoms with Gasteiger partial charge in [-0.15, -0.1) is 0 Å². The second-order valence-electron chi connectivity index (χ2n) is 7.11. The van der Waals surface area contributed by atoms with E-state index in [2.05, 4.69) is 10.3 Å². The van der Waals surface area contributed by atoms with E-state index in [1.54, 1.807) is 24.0 Å². The number of phenols is 2. The van der Waals surface area contributed by atoms with Gasteiger partial charge in [0.25, 0.3) is 5.56 Å². The molecule has 0 fully saturated rings. The number of imidazole rings is 1. The number of benzene rings is 1. The number of aromatic hydroxyl groups is 2. The quantitative estimate of drug-likeness (QED) is 0.321. The molecule has 156 valence electrons. The molecular formula is C19H25N5O5. The molecule has 0 saturated carbocycles. The van der Waals surface area contributed by atoms with Crippen molar-refractivity contribution in [1.29, 1.82) is 0 Å². The van der Waals surface area contributed by atoms with Crippen molar-refractivity contribution in [2.45, 2.75) is 32.0 Å². The number of nitrogens with one attached hydrogen (secondary N) is 1. The minimum atomic E-state index is -0.864. The molecule has 0 radical (unpaired) electrons. The van der Waals surface area contributed by atoms with Crippen LogP contribution >= 0.6 is 0 Å². The molecule has 3 aromatic rings. The van der Waals surface area contributed by atoms with Crippen LogP contribution < -0.4 is 16.6 Å². The first kappa shape index (κ1) is 20.6. The monoisotopic (exact) mass is 403 g/mol. The number of aryl methyl sites for hydroxylation is 2. The number of aliphatic hydroxyl groups is 1. The molecule has 2 atom stereocenters. The molecule has 10 nitrogen and oxygen atoms in total. The first-order valence-electron chi connectivity index (χ1n) is 9.26. The molecule has 4 N–H and O–H groups in total. The summed E-state index contributed by atoms with van der Waals surface area (Å²) in [6.45, 7) is 2.89. The van der Waals surface area contributed by atoms with E-state index >= 15 is 0 Å². The summed E-state index contributed by atoms with van der Waals surface area (Å²) < 4.78 is 4.12. The van der Waals surface area contributed by atoms with Crippen LogP contribution in [0.3, 0.4) is 0 Å². The van der Waals surface area contributed by atoms with Crippen LogP contribution in [-0.2, 0) is 20.6 Å². The van der Waals surface area contributed by atoms with Crippen LogP contribution in [0.1, 0.15) is 25.0 Å². The Bertz CT molecular complexity index is 1150. The van der Waals surface area contributed by atoms with E-state index in [4.69, 9.17) is 0 Å². The van der Waals surface area contributed by atoms with Crippen LogP contribution in [0.4, 0.5) is 0 Å². The zero-order valence-corrected chi connectivity index (χ0v) is 16.5. The average Bonchev–Trinajstić information content (AvgIpc) is 3.13. The summed E-state index contributed by atoms with van der Waals surface area (Å²) in [5.41, 5.74) is 0.413. The van der Waals surface area contributed by atoms with Gasteiger partial charge in [0.05, 0.1) is 12.4 Å². The average molecular weight is 403 g/mol. The molecule has 0 aliphatic carbocycles. The summed E-state index contributed by atoms with van der Waals surface area (Å²) in [5.74, 6) is -0.519. The van der Waals surface area contributed by atoms with E-state index in [1.165, 1.54) is 23.7 Å². The lowest BCUT2D eigenvalue weighted by molar-refractivity contribution is 0.135. The van der Waals surface area contributed by atoms with Crippen molar-refractivity contribution in [3.8, 4) is 11.5 Å². The number of fused-ring (bicyclic) bond motifs is 1. The normalized spacial score (nSPS) is 13.7. The first-order chi connectivity index (χ1) is 13.7. The van der Waals surface area contributed by atoms with E-state index in [0.717, 1.165) is 4.57 Å². The third-order valence-electron chi connectivity index (χ3n) is 5.07. The van der Waals surface area contributed by atoms with Gasteiger partial charge in [-0.2, -0.15) is 0 Å². The molecule has 2 heterocycles. The summed E-state index contributed by atoms with van der Waals surface area (Å²) >= 11 is 0. The molecule has 0 aliphatic rings. The molecule has 10 heteroatoms. The van der Waals surface area contributed by atoms with Gasteiger partial charge in [0.15, 0.2) is 22.7 Å². The van der Waals surface area contributed by atoms with Gasteiger partial charge in [-0.25, -0.2) is 9.78 Å². The lowest BCUT2D eigenvalue weighted by Gasteiger charge is -2.21. The van der Waals surface area contributed by atoms with Crippen LogP contribution in [0.15, 0.2) is 34.1 Å². The van der Waals surface area contributed by atoms with Gasteiger partial charge >= 0.3 is 5.69 Å². The summed E-state index contributed by atoms with van der Waals surface area (Å²) in [6.07, 6.45) is 1.34. The summed E-state index contributed by atoms with van der Waals surface area (Å²) in [6, 6.07) is 3.91. The van der Waals surface area contributed by atoms with Gasteiger partial charge in [-0.05, 0) is 37.6 Å². The first-order valence-corrected chi connectivity index (χ1v) is 9.26. The Balaban J connectivity index is 1.63. The maximum atomic E-state index is 12.4.